The molecule has 0 spiro atoms. The first-order chi connectivity index (χ1) is 37.7. The number of halogens is 14. The van der Waals surface area contributed by atoms with E-state index in [2.05, 4.69) is 9.97 Å². The molecular weight excluding hydrogens is 1320 g/mol. The van der Waals surface area contributed by atoms with Crippen LogP contribution in [0.15, 0.2) is 36.4 Å². The number of benzene rings is 6. The number of rotatable bonds is 6. The normalized spacial score (nSPS) is 12.4. The average Bonchev–Trinajstić information content (AvgIpc) is 4.38. The van der Waals surface area contributed by atoms with E-state index in [1.54, 1.807) is 38.5 Å². The Labute approximate surface area is 525 Å². The van der Waals surface area contributed by atoms with Crippen molar-refractivity contribution < 1.29 is 18.9 Å². The van der Waals surface area contributed by atoms with Crippen molar-refractivity contribution >= 4 is 207 Å². The van der Waals surface area contributed by atoms with Crippen LogP contribution in [-0.4, -0.2) is 54.1 Å². The molecule has 8 bridgehead atoms. The highest BCUT2D eigenvalue weighted by atomic mass is 35.5. The summed E-state index contributed by atoms with van der Waals surface area (Å²) >= 11 is 99.6. The Hall–Kier alpha value is -4.06. The molecule has 80 heavy (non-hydrogen) atoms. The third-order valence-corrected chi connectivity index (χ3v) is 19.1. The van der Waals surface area contributed by atoms with Gasteiger partial charge in [-0.3, -0.25) is 0 Å². The Balaban J connectivity index is 1.32. The number of fused-ring (bicyclic) bond motifs is 20. The SMILES string of the molecule is COc1ccc(Oc2c(Cl)c(Cl)c3c(c2Cl)-c2nc-3nc3[nH]c(nc4nc(nc5[nH]c(n2)c2c(Cl)c(Cl)c(Cl)c(Cl)c52)-c2c(Cl)c(Cl)c(Cl)c(Cl)c2-4)c2c(Cl)c(Cl)c(Oc4ccc(OC)cc4C(C)(C)C)c(Cl)c32)c(C(C)(C)C)c1. The van der Waals surface area contributed by atoms with Crippen LogP contribution in [0.4, 0.5) is 0 Å². The molecule has 2 aliphatic heterocycles. The van der Waals surface area contributed by atoms with Gasteiger partial charge in [0, 0.05) is 11.1 Å². The minimum Gasteiger partial charge on any atom is -0.497 e. The Bertz CT molecular complexity index is 4440. The van der Waals surface area contributed by atoms with Crippen molar-refractivity contribution in [2.24, 2.45) is 0 Å². The van der Waals surface area contributed by atoms with E-state index in [0.29, 0.717) is 23.0 Å². The van der Waals surface area contributed by atoms with Gasteiger partial charge in [0.25, 0.3) is 0 Å². The molecule has 0 saturated carbocycles. The lowest BCUT2D eigenvalue weighted by atomic mass is 9.86. The van der Waals surface area contributed by atoms with Gasteiger partial charge in [-0.25, -0.2) is 29.9 Å². The van der Waals surface area contributed by atoms with Crippen molar-refractivity contribution in [1.82, 2.24) is 39.9 Å². The second-order valence-corrected chi connectivity index (χ2v) is 25.4. The Kier molecular flexibility index (Phi) is 15.1. The second kappa shape index (κ2) is 20.9. The molecule has 0 fully saturated rings. The van der Waals surface area contributed by atoms with Crippen LogP contribution in [0.3, 0.4) is 0 Å². The maximum atomic E-state index is 7.55. The summed E-state index contributed by atoms with van der Waals surface area (Å²) in [4.78, 5) is 36.5. The lowest BCUT2D eigenvalue weighted by molar-refractivity contribution is 0.407. The zero-order valence-corrected chi connectivity index (χ0v) is 52.7. The van der Waals surface area contributed by atoms with Crippen molar-refractivity contribution in [2.45, 2.75) is 52.4 Å². The van der Waals surface area contributed by atoms with Crippen LogP contribution in [-0.2, 0) is 10.8 Å². The predicted molar refractivity (Wildman–Crippen MR) is 330 cm³/mol. The lowest BCUT2D eigenvalue weighted by Gasteiger charge is -2.24. The van der Waals surface area contributed by atoms with Crippen molar-refractivity contribution in [3.05, 3.63) is 118 Å². The molecule has 0 aliphatic carbocycles. The van der Waals surface area contributed by atoms with Crippen molar-refractivity contribution in [3.63, 3.8) is 0 Å². The smallest absolute Gasteiger partial charge is 0.166 e. The van der Waals surface area contributed by atoms with E-state index in [1.807, 2.05) is 53.7 Å². The maximum Gasteiger partial charge on any atom is 0.166 e. The fraction of sp³-hybridized carbons (Fsp3) is 0.185. The summed E-state index contributed by atoms with van der Waals surface area (Å²) in [6.07, 6.45) is 0. The number of H-pyrrole nitrogens is 2. The van der Waals surface area contributed by atoms with E-state index in [4.69, 9.17) is 211 Å². The minimum absolute atomic E-state index is 0.0000632. The topological polar surface area (TPSA) is 146 Å². The molecule has 0 amide bonds. The van der Waals surface area contributed by atoms with E-state index in [0.717, 1.165) is 11.1 Å². The summed E-state index contributed by atoms with van der Waals surface area (Å²) < 4.78 is 24.5. The number of methoxy groups -OCH3 is 2. The zero-order chi connectivity index (χ0) is 57.7. The van der Waals surface area contributed by atoms with E-state index in [1.165, 1.54) is 0 Å². The molecule has 2 aliphatic rings. The van der Waals surface area contributed by atoms with Gasteiger partial charge in [0.05, 0.1) is 118 Å². The number of aromatic amines is 2. The van der Waals surface area contributed by atoms with Crippen LogP contribution in [0, 0.1) is 0 Å². The Morgan fingerprint density at radius 1 is 0.338 bits per heavy atom. The number of ether oxygens (including phenoxy) is 4. The largest absolute Gasteiger partial charge is 0.497 e. The van der Waals surface area contributed by atoms with Gasteiger partial charge in [-0.1, -0.05) is 204 Å². The van der Waals surface area contributed by atoms with Crippen LogP contribution in [0.2, 0.25) is 70.3 Å². The van der Waals surface area contributed by atoms with Gasteiger partial charge >= 0.3 is 0 Å². The fourth-order valence-electron chi connectivity index (χ4n) is 9.27. The molecule has 3 aromatic heterocycles. The first-order valence-corrected chi connectivity index (χ1v) is 28.6. The number of hydrogen-bond acceptors (Lipinski definition) is 10. The van der Waals surface area contributed by atoms with Gasteiger partial charge in [0.15, 0.2) is 34.8 Å². The number of aromatic nitrogens is 8. The first kappa shape index (κ1) is 57.7. The minimum atomic E-state index is -0.468. The molecule has 9 aromatic rings. The molecule has 0 atom stereocenters. The molecule has 12 nitrogen and oxygen atoms in total. The maximum absolute atomic E-state index is 7.55. The van der Waals surface area contributed by atoms with E-state index < -0.39 is 10.8 Å². The Morgan fingerprint density at radius 2 is 0.625 bits per heavy atom. The van der Waals surface area contributed by atoms with Crippen LogP contribution in [0.25, 0.3) is 89.7 Å². The molecule has 0 radical (unpaired) electrons. The van der Waals surface area contributed by atoms with Crippen molar-refractivity contribution in [2.75, 3.05) is 14.2 Å². The number of nitrogens with zero attached hydrogens (tertiary/aromatic N) is 6. The third-order valence-electron chi connectivity index (χ3n) is 13.1. The standard InChI is InChI=1S/C54H32Cl14N8O4/c1-53(2,3)17-13-15(77-7)9-11-19(17)79-43-35(61)27-25(33(59)41(43)67)49-72-47-22-21(29(55)37(63)38(64)30(22)56)45(70-47)69-46-23-24(32(58)40(66)39(65)31(23)57)48(71-46)73-51-28-26(50(75-51)76-52(27)74-49)34(60)42(68)44(36(28)62)80-20-12-10-16(78-8)14-18(20)54(4,5)6/h9-14H,1-8H3,(H2,69,70,71,72,73,74,75,76). The molecule has 0 saturated heterocycles. The predicted octanol–water partition coefficient (Wildman–Crippen LogP) is 22.2. The van der Waals surface area contributed by atoms with Crippen molar-refractivity contribution in [3.8, 4) is 80.0 Å². The van der Waals surface area contributed by atoms with E-state index in [-0.39, 0.29) is 172 Å². The highest BCUT2D eigenvalue weighted by Gasteiger charge is 2.36. The fourth-order valence-corrected chi connectivity index (χ4v) is 13.0. The zero-order valence-electron chi connectivity index (χ0n) is 42.1. The van der Waals surface area contributed by atoms with Crippen molar-refractivity contribution in [1.29, 1.82) is 0 Å². The van der Waals surface area contributed by atoms with Gasteiger partial charge in [0.2, 0.25) is 0 Å². The quantitative estimate of drug-likeness (QED) is 0.122. The van der Waals surface area contributed by atoms with Crippen LogP contribution >= 0.6 is 162 Å². The third kappa shape index (κ3) is 9.28. The van der Waals surface area contributed by atoms with E-state index >= 15 is 0 Å². The highest BCUT2D eigenvalue weighted by Crippen LogP contribution is 2.57. The average molecular weight is 1350 g/mol. The van der Waals surface area contributed by atoms with Crippen LogP contribution < -0.4 is 18.9 Å². The summed E-state index contributed by atoms with van der Waals surface area (Å²) in [5.74, 6) is 1.51. The molecule has 6 aromatic carbocycles. The summed E-state index contributed by atoms with van der Waals surface area (Å²) in [6.45, 7) is 12.1. The molecule has 0 unspecified atom stereocenters. The summed E-state index contributed by atoms with van der Waals surface area (Å²) in [5, 5.41) is -0.630. The molecule has 2 N–H and O–H groups in total. The highest BCUT2D eigenvalue weighted by molar-refractivity contribution is 6.57. The van der Waals surface area contributed by atoms with Gasteiger partial charge in [-0.15, -0.1) is 0 Å². The molecular formula is C54H32Cl14N8O4. The molecule has 410 valence electrons. The van der Waals surface area contributed by atoms with Gasteiger partial charge in [-0.2, -0.15) is 0 Å². The summed E-state index contributed by atoms with van der Waals surface area (Å²) in [7, 11) is 3.13. The summed E-state index contributed by atoms with van der Waals surface area (Å²) in [6, 6.07) is 10.6. The monoisotopic (exact) mass is 1350 g/mol. The lowest BCUT2D eigenvalue weighted by Crippen LogP contribution is -2.13. The van der Waals surface area contributed by atoms with Gasteiger partial charge < -0.3 is 28.9 Å². The van der Waals surface area contributed by atoms with Crippen LogP contribution in [0.1, 0.15) is 52.7 Å². The van der Waals surface area contributed by atoms with Crippen LogP contribution in [0.5, 0.6) is 34.5 Å². The molecule has 11 rings (SSSR count). The number of nitrogens with one attached hydrogen (secondary N) is 2. The molecule has 26 heteroatoms. The van der Waals surface area contributed by atoms with Gasteiger partial charge in [-0.05, 0) is 47.2 Å². The number of hydrogen-bond donors (Lipinski definition) is 2. The first-order valence-electron chi connectivity index (χ1n) is 23.3. The second-order valence-electron chi connectivity index (χ2n) is 20.1. The summed E-state index contributed by atoms with van der Waals surface area (Å²) in [5.41, 5.74) is 1.01. The van der Waals surface area contributed by atoms with Gasteiger partial charge in [0.1, 0.15) is 55.6 Å². The Morgan fingerprint density at radius 3 is 0.975 bits per heavy atom. The van der Waals surface area contributed by atoms with E-state index in [9.17, 15) is 0 Å². The molecule has 5 heterocycles.